The molecule has 2 N–H and O–H groups in total. The van der Waals surface area contributed by atoms with Crippen LogP contribution in [0.1, 0.15) is 36.8 Å². The summed E-state index contributed by atoms with van der Waals surface area (Å²) in [5.74, 6) is -0.232. The molecule has 106 valence electrons. The monoisotopic (exact) mass is 267 g/mol. The molecule has 0 radical (unpaired) electrons. The average molecular weight is 267 g/mol. The van der Waals surface area contributed by atoms with Crippen LogP contribution in [-0.4, -0.2) is 19.3 Å². The van der Waals surface area contributed by atoms with Crippen molar-refractivity contribution in [2.45, 2.75) is 51.0 Å². The Morgan fingerprint density at radius 1 is 1.26 bits per heavy atom. The van der Waals surface area contributed by atoms with Gasteiger partial charge in [0.05, 0.1) is 18.8 Å². The molecule has 2 atom stereocenters. The van der Waals surface area contributed by atoms with Gasteiger partial charge in [-0.2, -0.15) is 0 Å². The number of ether oxygens (including phenoxy) is 2. The molecule has 3 nitrogen and oxygen atoms in total. The number of benzene rings is 1. The molecule has 0 heterocycles. The van der Waals surface area contributed by atoms with Crippen molar-refractivity contribution in [2.75, 3.05) is 7.11 Å². The van der Waals surface area contributed by atoms with Crippen LogP contribution in [0.25, 0.3) is 0 Å². The van der Waals surface area contributed by atoms with Gasteiger partial charge in [-0.15, -0.1) is 0 Å². The molecule has 1 aliphatic rings. The minimum absolute atomic E-state index is 0.166. The summed E-state index contributed by atoms with van der Waals surface area (Å²) in [5, 5.41) is 0. The van der Waals surface area contributed by atoms with Crippen molar-refractivity contribution in [2.24, 2.45) is 5.73 Å². The molecule has 1 aliphatic carbocycles. The largest absolute Gasteiger partial charge is 0.381 e. The van der Waals surface area contributed by atoms with Crippen molar-refractivity contribution < 1.29 is 13.9 Å². The van der Waals surface area contributed by atoms with Gasteiger partial charge in [-0.05, 0) is 25.7 Å². The predicted octanol–water partition coefficient (Wildman–Crippen LogP) is 2.76. The summed E-state index contributed by atoms with van der Waals surface area (Å²) >= 11 is 0. The first-order valence-electron chi connectivity index (χ1n) is 6.85. The lowest BCUT2D eigenvalue weighted by Crippen LogP contribution is -2.27. The Balaban J connectivity index is 1.91. The SMILES string of the molecule is COC1CCCC(OCc2cccc(CN)c2F)C1. The minimum atomic E-state index is -0.232. The lowest BCUT2D eigenvalue weighted by Gasteiger charge is -2.28. The Morgan fingerprint density at radius 2 is 2.00 bits per heavy atom. The van der Waals surface area contributed by atoms with Gasteiger partial charge in [0, 0.05) is 24.8 Å². The summed E-state index contributed by atoms with van der Waals surface area (Å²) < 4.78 is 25.2. The lowest BCUT2D eigenvalue weighted by atomic mass is 9.95. The summed E-state index contributed by atoms with van der Waals surface area (Å²) in [6.45, 7) is 0.523. The van der Waals surface area contributed by atoms with E-state index < -0.39 is 0 Å². The van der Waals surface area contributed by atoms with Crippen LogP contribution < -0.4 is 5.73 Å². The highest BCUT2D eigenvalue weighted by molar-refractivity contribution is 5.25. The lowest BCUT2D eigenvalue weighted by molar-refractivity contribution is -0.0369. The standard InChI is InChI=1S/C15H22FNO2/c1-18-13-6-3-7-14(8-13)19-10-12-5-2-4-11(9-17)15(12)16/h2,4-5,13-14H,3,6-10,17H2,1H3. The summed E-state index contributed by atoms with van der Waals surface area (Å²) in [6.07, 6.45) is 4.56. The van der Waals surface area contributed by atoms with Crippen molar-refractivity contribution in [3.63, 3.8) is 0 Å². The van der Waals surface area contributed by atoms with Gasteiger partial charge in [0.1, 0.15) is 5.82 Å². The maximum absolute atomic E-state index is 14.0. The topological polar surface area (TPSA) is 44.5 Å². The van der Waals surface area contributed by atoms with E-state index in [0.29, 0.717) is 17.7 Å². The first-order valence-corrected chi connectivity index (χ1v) is 6.85. The van der Waals surface area contributed by atoms with E-state index in [2.05, 4.69) is 0 Å². The van der Waals surface area contributed by atoms with E-state index in [1.807, 2.05) is 6.07 Å². The van der Waals surface area contributed by atoms with Crippen LogP contribution in [0.2, 0.25) is 0 Å². The highest BCUT2D eigenvalue weighted by atomic mass is 19.1. The summed E-state index contributed by atoms with van der Waals surface area (Å²) in [5.41, 5.74) is 6.62. The number of nitrogens with two attached hydrogens (primary N) is 1. The third kappa shape index (κ3) is 3.75. The molecule has 2 rings (SSSR count). The Morgan fingerprint density at radius 3 is 2.74 bits per heavy atom. The molecule has 0 saturated heterocycles. The van der Waals surface area contributed by atoms with Gasteiger partial charge in [0.15, 0.2) is 0 Å². The van der Waals surface area contributed by atoms with Crippen LogP contribution in [0.5, 0.6) is 0 Å². The number of rotatable bonds is 5. The summed E-state index contributed by atoms with van der Waals surface area (Å²) in [7, 11) is 1.73. The first kappa shape index (κ1) is 14.4. The van der Waals surface area contributed by atoms with Crippen molar-refractivity contribution in [1.82, 2.24) is 0 Å². The molecule has 4 heteroatoms. The predicted molar refractivity (Wildman–Crippen MR) is 72.1 cm³/mol. The van der Waals surface area contributed by atoms with Crippen LogP contribution in [0, 0.1) is 5.82 Å². The van der Waals surface area contributed by atoms with E-state index in [-0.39, 0.29) is 24.6 Å². The maximum Gasteiger partial charge on any atom is 0.133 e. The second kappa shape index (κ2) is 6.98. The Bertz CT molecular complexity index is 411. The third-order valence-electron chi connectivity index (χ3n) is 3.76. The quantitative estimate of drug-likeness (QED) is 0.892. The number of methoxy groups -OCH3 is 1. The van der Waals surface area contributed by atoms with Gasteiger partial charge in [-0.25, -0.2) is 4.39 Å². The first-order chi connectivity index (χ1) is 9.24. The molecule has 0 spiro atoms. The van der Waals surface area contributed by atoms with Crippen molar-refractivity contribution in [1.29, 1.82) is 0 Å². The zero-order valence-corrected chi connectivity index (χ0v) is 11.4. The fraction of sp³-hybridized carbons (Fsp3) is 0.600. The summed E-state index contributed by atoms with van der Waals surface area (Å²) in [4.78, 5) is 0. The van der Waals surface area contributed by atoms with Gasteiger partial charge in [-0.1, -0.05) is 18.2 Å². The van der Waals surface area contributed by atoms with Crippen LogP contribution in [0.15, 0.2) is 18.2 Å². The Hall–Kier alpha value is -0.970. The van der Waals surface area contributed by atoms with E-state index >= 15 is 0 Å². The average Bonchev–Trinajstić information content (AvgIpc) is 2.46. The third-order valence-corrected chi connectivity index (χ3v) is 3.76. The van der Waals surface area contributed by atoms with Crippen molar-refractivity contribution >= 4 is 0 Å². The van der Waals surface area contributed by atoms with Gasteiger partial charge in [-0.3, -0.25) is 0 Å². The molecule has 1 fully saturated rings. The second-order valence-electron chi connectivity index (χ2n) is 5.05. The van der Waals surface area contributed by atoms with Crippen molar-refractivity contribution in [3.8, 4) is 0 Å². The highest BCUT2D eigenvalue weighted by Gasteiger charge is 2.22. The van der Waals surface area contributed by atoms with E-state index in [0.717, 1.165) is 25.7 Å². The molecule has 2 unspecified atom stereocenters. The van der Waals surface area contributed by atoms with Gasteiger partial charge in [0.25, 0.3) is 0 Å². The van der Waals surface area contributed by atoms with Gasteiger partial charge in [0.2, 0.25) is 0 Å². The van der Waals surface area contributed by atoms with Crippen LogP contribution >= 0.6 is 0 Å². The highest BCUT2D eigenvalue weighted by Crippen LogP contribution is 2.24. The van der Waals surface area contributed by atoms with Gasteiger partial charge >= 0.3 is 0 Å². The maximum atomic E-state index is 14.0. The molecule has 19 heavy (non-hydrogen) atoms. The van der Waals surface area contributed by atoms with Crippen molar-refractivity contribution in [3.05, 3.63) is 35.1 Å². The molecule has 0 amide bonds. The normalized spacial score (nSPS) is 23.5. The molecule has 1 saturated carbocycles. The number of hydrogen-bond donors (Lipinski definition) is 1. The van der Waals surface area contributed by atoms with E-state index in [9.17, 15) is 4.39 Å². The molecule has 0 aliphatic heterocycles. The molecule has 1 aromatic rings. The van der Waals surface area contributed by atoms with Crippen LogP contribution in [0.4, 0.5) is 4.39 Å². The summed E-state index contributed by atoms with van der Waals surface area (Å²) in [6, 6.07) is 5.29. The number of halogens is 1. The zero-order valence-electron chi connectivity index (χ0n) is 11.4. The Kier molecular flexibility index (Phi) is 5.31. The molecule has 1 aromatic carbocycles. The fourth-order valence-corrected chi connectivity index (χ4v) is 2.58. The van der Waals surface area contributed by atoms with Crippen LogP contribution in [0.3, 0.4) is 0 Å². The van der Waals surface area contributed by atoms with E-state index in [1.54, 1.807) is 19.2 Å². The zero-order chi connectivity index (χ0) is 13.7. The van der Waals surface area contributed by atoms with E-state index in [4.69, 9.17) is 15.2 Å². The molecular weight excluding hydrogens is 245 g/mol. The second-order valence-corrected chi connectivity index (χ2v) is 5.05. The number of hydrogen-bond acceptors (Lipinski definition) is 3. The van der Waals surface area contributed by atoms with Gasteiger partial charge < -0.3 is 15.2 Å². The van der Waals surface area contributed by atoms with E-state index in [1.165, 1.54) is 0 Å². The smallest absolute Gasteiger partial charge is 0.133 e. The fourth-order valence-electron chi connectivity index (χ4n) is 2.58. The molecule has 0 aromatic heterocycles. The molecular formula is C15H22FNO2. The minimum Gasteiger partial charge on any atom is -0.381 e. The van der Waals surface area contributed by atoms with Crippen LogP contribution in [-0.2, 0) is 22.6 Å². The molecule has 0 bridgehead atoms. The Labute approximate surface area is 113 Å².